The fourth-order valence-corrected chi connectivity index (χ4v) is 5.76. The van der Waals surface area contributed by atoms with Crippen molar-refractivity contribution in [3.05, 3.63) is 64.3 Å². The maximum absolute atomic E-state index is 13.1. The Labute approximate surface area is 177 Å². The van der Waals surface area contributed by atoms with Gasteiger partial charge in [-0.25, -0.2) is 8.42 Å². The highest BCUT2D eigenvalue weighted by molar-refractivity contribution is 7.89. The van der Waals surface area contributed by atoms with Gasteiger partial charge in [-0.05, 0) is 68.7 Å². The second kappa shape index (κ2) is 7.56. The van der Waals surface area contributed by atoms with E-state index in [1.165, 1.54) is 4.31 Å². The Bertz CT molecular complexity index is 1240. The van der Waals surface area contributed by atoms with Gasteiger partial charge < -0.3 is 9.88 Å². The van der Waals surface area contributed by atoms with Gasteiger partial charge in [0.15, 0.2) is 0 Å². The van der Waals surface area contributed by atoms with Gasteiger partial charge in [0.05, 0.1) is 4.90 Å². The number of rotatable bonds is 3. The normalized spacial score (nSPS) is 15.7. The average Bonchev–Trinajstić information content (AvgIpc) is 3.02. The van der Waals surface area contributed by atoms with Crippen LogP contribution in [0.4, 0.5) is 0 Å². The smallest absolute Gasteiger partial charge is 0.253 e. The first-order chi connectivity index (χ1) is 14.2. The number of aromatic amines is 1. The summed E-state index contributed by atoms with van der Waals surface area (Å²) in [7, 11) is -3.57. The Morgan fingerprint density at radius 2 is 1.63 bits per heavy atom. The van der Waals surface area contributed by atoms with E-state index in [9.17, 15) is 13.2 Å². The molecule has 6 nitrogen and oxygen atoms in total. The molecular formula is C23H27N3O3S. The largest absolute Gasteiger partial charge is 0.358 e. The molecule has 2 aromatic carbocycles. The highest BCUT2D eigenvalue weighted by atomic mass is 32.2. The molecule has 1 N–H and O–H groups in total. The van der Waals surface area contributed by atoms with Crippen LogP contribution in [0, 0.1) is 27.7 Å². The van der Waals surface area contributed by atoms with Gasteiger partial charge in [-0.2, -0.15) is 4.31 Å². The molecule has 0 unspecified atom stereocenters. The molecule has 158 valence electrons. The first-order valence-electron chi connectivity index (χ1n) is 10.1. The summed E-state index contributed by atoms with van der Waals surface area (Å²) in [5.41, 5.74) is 5.55. The van der Waals surface area contributed by atoms with Crippen LogP contribution in [-0.2, 0) is 10.0 Å². The molecule has 1 aliphatic heterocycles. The van der Waals surface area contributed by atoms with Gasteiger partial charge in [0.25, 0.3) is 5.91 Å². The number of benzene rings is 2. The monoisotopic (exact) mass is 425 g/mol. The van der Waals surface area contributed by atoms with Crippen molar-refractivity contribution in [2.45, 2.75) is 32.6 Å². The highest BCUT2D eigenvalue weighted by Crippen LogP contribution is 2.25. The number of hydrogen-bond acceptors (Lipinski definition) is 3. The lowest BCUT2D eigenvalue weighted by molar-refractivity contribution is 0.0698. The maximum Gasteiger partial charge on any atom is 0.253 e. The van der Waals surface area contributed by atoms with Crippen LogP contribution in [0.15, 0.2) is 41.3 Å². The maximum atomic E-state index is 13.1. The third-order valence-electron chi connectivity index (χ3n) is 6.04. The number of aromatic nitrogens is 1. The number of carbonyl (C=O) groups excluding carboxylic acids is 1. The standard InChI is InChI=1S/C23H27N3O3S/c1-15-5-6-16(2)22(13-15)30(28,29)26-11-9-25(10-12-26)23(27)19-7-8-21-20(14-19)17(3)18(4)24-21/h5-8,13-14,24H,9-12H2,1-4H3. The number of amides is 1. The number of carbonyl (C=O) groups is 1. The number of sulfonamides is 1. The van der Waals surface area contributed by atoms with Crippen LogP contribution in [0.5, 0.6) is 0 Å². The molecule has 0 radical (unpaired) electrons. The molecule has 0 aliphatic carbocycles. The van der Waals surface area contributed by atoms with Crippen molar-refractivity contribution >= 4 is 26.8 Å². The molecule has 1 saturated heterocycles. The predicted octanol–water partition coefficient (Wildman–Crippen LogP) is 3.55. The van der Waals surface area contributed by atoms with E-state index in [2.05, 4.69) is 4.98 Å². The molecule has 1 amide bonds. The molecule has 0 saturated carbocycles. The summed E-state index contributed by atoms with van der Waals surface area (Å²) in [5, 5.41) is 1.05. The fraction of sp³-hybridized carbons (Fsp3) is 0.348. The van der Waals surface area contributed by atoms with Crippen LogP contribution in [0.3, 0.4) is 0 Å². The van der Waals surface area contributed by atoms with E-state index in [1.807, 2.05) is 58.0 Å². The molecule has 1 aromatic heterocycles. The number of nitrogens with one attached hydrogen (secondary N) is 1. The molecule has 2 heterocycles. The van der Waals surface area contributed by atoms with Crippen molar-refractivity contribution in [3.8, 4) is 0 Å². The first kappa shape index (κ1) is 20.6. The number of fused-ring (bicyclic) bond motifs is 1. The van der Waals surface area contributed by atoms with Gasteiger partial charge in [-0.1, -0.05) is 12.1 Å². The van der Waals surface area contributed by atoms with E-state index < -0.39 is 10.0 Å². The van der Waals surface area contributed by atoms with Crippen LogP contribution < -0.4 is 0 Å². The summed E-state index contributed by atoms with van der Waals surface area (Å²) in [4.78, 5) is 18.4. The topological polar surface area (TPSA) is 73.5 Å². The molecule has 0 spiro atoms. The number of nitrogens with zero attached hydrogens (tertiary/aromatic N) is 2. The number of H-pyrrole nitrogens is 1. The van der Waals surface area contributed by atoms with Gasteiger partial charge in [0.2, 0.25) is 10.0 Å². The van der Waals surface area contributed by atoms with Crippen LogP contribution in [0.25, 0.3) is 10.9 Å². The van der Waals surface area contributed by atoms with Crippen LogP contribution in [-0.4, -0.2) is 54.7 Å². The average molecular weight is 426 g/mol. The quantitative estimate of drug-likeness (QED) is 0.697. The Balaban J connectivity index is 1.51. The predicted molar refractivity (Wildman–Crippen MR) is 118 cm³/mol. The zero-order valence-electron chi connectivity index (χ0n) is 17.8. The van der Waals surface area contributed by atoms with E-state index >= 15 is 0 Å². The summed E-state index contributed by atoms with van der Waals surface area (Å²) >= 11 is 0. The molecule has 0 atom stereocenters. The Kier molecular flexibility index (Phi) is 5.20. The lowest BCUT2D eigenvalue weighted by Crippen LogP contribution is -2.50. The Hall–Kier alpha value is -2.64. The van der Waals surface area contributed by atoms with Crippen LogP contribution in [0.2, 0.25) is 0 Å². The van der Waals surface area contributed by atoms with E-state index in [0.717, 1.165) is 33.3 Å². The zero-order valence-corrected chi connectivity index (χ0v) is 18.6. The number of piperazine rings is 1. The number of aryl methyl sites for hydroxylation is 4. The molecule has 0 bridgehead atoms. The minimum Gasteiger partial charge on any atom is -0.358 e. The van der Waals surface area contributed by atoms with Crippen molar-refractivity contribution in [2.24, 2.45) is 0 Å². The molecule has 1 aliphatic rings. The summed E-state index contributed by atoms with van der Waals surface area (Å²) in [6.07, 6.45) is 0. The second-order valence-corrected chi connectivity index (χ2v) is 10.0. The molecule has 1 fully saturated rings. The number of hydrogen-bond donors (Lipinski definition) is 1. The Morgan fingerprint density at radius 1 is 0.933 bits per heavy atom. The molecular weight excluding hydrogens is 398 g/mol. The lowest BCUT2D eigenvalue weighted by atomic mass is 10.1. The van der Waals surface area contributed by atoms with Gasteiger partial charge in [0, 0.05) is 48.3 Å². The molecule has 7 heteroatoms. The summed E-state index contributed by atoms with van der Waals surface area (Å²) in [5.74, 6) is -0.0565. The SMILES string of the molecule is Cc1ccc(C)c(S(=O)(=O)N2CCN(C(=O)c3ccc4[nH]c(C)c(C)c4c3)CC2)c1. The highest BCUT2D eigenvalue weighted by Gasteiger charge is 2.31. The lowest BCUT2D eigenvalue weighted by Gasteiger charge is -2.34. The molecule has 3 aromatic rings. The fourth-order valence-electron chi connectivity index (χ4n) is 4.03. The third-order valence-corrected chi connectivity index (χ3v) is 8.08. The van der Waals surface area contributed by atoms with Gasteiger partial charge in [-0.3, -0.25) is 4.79 Å². The van der Waals surface area contributed by atoms with Crippen molar-refractivity contribution in [1.29, 1.82) is 0 Å². The summed E-state index contributed by atoms with van der Waals surface area (Å²) < 4.78 is 27.7. The van der Waals surface area contributed by atoms with E-state index in [1.54, 1.807) is 11.0 Å². The second-order valence-electron chi connectivity index (χ2n) is 8.10. The zero-order chi connectivity index (χ0) is 21.6. The molecule has 4 rings (SSSR count). The Morgan fingerprint density at radius 3 is 2.33 bits per heavy atom. The molecule has 30 heavy (non-hydrogen) atoms. The van der Waals surface area contributed by atoms with E-state index in [0.29, 0.717) is 36.6 Å². The van der Waals surface area contributed by atoms with Gasteiger partial charge >= 0.3 is 0 Å². The summed E-state index contributed by atoms with van der Waals surface area (Å²) in [6, 6.07) is 11.2. The van der Waals surface area contributed by atoms with Gasteiger partial charge in [0.1, 0.15) is 0 Å². The van der Waals surface area contributed by atoms with Crippen molar-refractivity contribution < 1.29 is 13.2 Å². The van der Waals surface area contributed by atoms with Crippen LogP contribution >= 0.6 is 0 Å². The minimum atomic E-state index is -3.57. The van der Waals surface area contributed by atoms with Crippen molar-refractivity contribution in [2.75, 3.05) is 26.2 Å². The van der Waals surface area contributed by atoms with Crippen molar-refractivity contribution in [3.63, 3.8) is 0 Å². The third kappa shape index (κ3) is 3.52. The van der Waals surface area contributed by atoms with E-state index in [-0.39, 0.29) is 5.91 Å². The van der Waals surface area contributed by atoms with Crippen molar-refractivity contribution in [1.82, 2.24) is 14.2 Å². The van der Waals surface area contributed by atoms with Crippen LogP contribution in [0.1, 0.15) is 32.7 Å². The summed E-state index contributed by atoms with van der Waals surface area (Å²) in [6.45, 7) is 9.12. The first-order valence-corrected chi connectivity index (χ1v) is 11.6. The van der Waals surface area contributed by atoms with Gasteiger partial charge in [-0.15, -0.1) is 0 Å². The minimum absolute atomic E-state index is 0.0565. The van der Waals surface area contributed by atoms with E-state index in [4.69, 9.17) is 0 Å².